The lowest BCUT2D eigenvalue weighted by molar-refractivity contribution is 0.655. The van der Waals surface area contributed by atoms with Crippen LogP contribution in [0.3, 0.4) is 0 Å². The Kier molecular flexibility index (Phi) is 2.67. The molecule has 110 valence electrons. The van der Waals surface area contributed by atoms with Crippen molar-refractivity contribution >= 4 is 43.6 Å². The molecule has 2 heterocycles. The van der Waals surface area contributed by atoms with Crippen molar-refractivity contribution in [2.45, 2.75) is 0 Å². The highest BCUT2D eigenvalue weighted by Crippen LogP contribution is 2.37. The highest BCUT2D eigenvalue weighted by molar-refractivity contribution is 9.10. The van der Waals surface area contributed by atoms with Crippen LogP contribution in [-0.4, -0.2) is 4.40 Å². The van der Waals surface area contributed by atoms with Gasteiger partial charge >= 0.3 is 0 Å². The highest BCUT2D eigenvalue weighted by Gasteiger charge is 2.16. The summed E-state index contributed by atoms with van der Waals surface area (Å²) in [5, 5.41) is 1.17. The second kappa shape index (κ2) is 4.74. The monoisotopic (exact) mass is 361 g/mol. The Morgan fingerprint density at radius 3 is 2.39 bits per heavy atom. The zero-order valence-corrected chi connectivity index (χ0v) is 13.7. The van der Waals surface area contributed by atoms with Gasteiger partial charge in [-0.05, 0) is 45.3 Å². The van der Waals surface area contributed by atoms with Gasteiger partial charge in [0.05, 0.1) is 15.5 Å². The highest BCUT2D eigenvalue weighted by atomic mass is 79.9. The lowest BCUT2D eigenvalue weighted by Gasteiger charge is -2.01. The quantitative estimate of drug-likeness (QED) is 0.344. The summed E-state index contributed by atoms with van der Waals surface area (Å²) < 4.78 is 9.32. The molecule has 0 N–H and O–H groups in total. The van der Waals surface area contributed by atoms with Crippen molar-refractivity contribution in [2.75, 3.05) is 0 Å². The molecule has 0 aliphatic heterocycles. The molecular formula is C20H12BrNO. The summed E-state index contributed by atoms with van der Waals surface area (Å²) in [6, 6.07) is 25.1. The van der Waals surface area contributed by atoms with Crippen LogP contribution in [0.4, 0.5) is 0 Å². The van der Waals surface area contributed by atoms with Gasteiger partial charge in [-0.3, -0.25) is 4.40 Å². The van der Waals surface area contributed by atoms with E-state index in [1.54, 1.807) is 0 Å². The van der Waals surface area contributed by atoms with E-state index in [1.807, 2.05) is 12.1 Å². The minimum absolute atomic E-state index is 0.853. The maximum absolute atomic E-state index is 6.15. The number of hydrogen-bond acceptors (Lipinski definition) is 1. The summed E-state index contributed by atoms with van der Waals surface area (Å²) in [5.74, 6) is 0. The molecule has 3 aromatic carbocycles. The van der Waals surface area contributed by atoms with Gasteiger partial charge in [-0.15, -0.1) is 0 Å². The van der Waals surface area contributed by atoms with E-state index >= 15 is 0 Å². The van der Waals surface area contributed by atoms with E-state index < -0.39 is 0 Å². The van der Waals surface area contributed by atoms with Gasteiger partial charge in [0, 0.05) is 5.39 Å². The van der Waals surface area contributed by atoms with Crippen LogP contribution >= 0.6 is 15.9 Å². The number of rotatable bonds is 1. The third-order valence-electron chi connectivity index (χ3n) is 4.29. The van der Waals surface area contributed by atoms with Crippen molar-refractivity contribution in [3.8, 4) is 11.1 Å². The fourth-order valence-electron chi connectivity index (χ4n) is 3.20. The molecule has 5 aromatic rings. The van der Waals surface area contributed by atoms with Crippen LogP contribution in [0.15, 0.2) is 81.7 Å². The van der Waals surface area contributed by atoms with Gasteiger partial charge in [0.2, 0.25) is 5.71 Å². The van der Waals surface area contributed by atoms with Crippen molar-refractivity contribution in [3.63, 3.8) is 0 Å². The topological polar surface area (TPSA) is 17.6 Å². The lowest BCUT2D eigenvalue weighted by atomic mass is 10.1. The molecule has 0 unspecified atom stereocenters. The first kappa shape index (κ1) is 13.0. The molecule has 0 bridgehead atoms. The van der Waals surface area contributed by atoms with E-state index in [0.29, 0.717) is 0 Å². The number of benzene rings is 3. The minimum Gasteiger partial charge on any atom is -0.437 e. The Bertz CT molecular complexity index is 1170. The average Bonchev–Trinajstić information content (AvgIpc) is 3.12. The molecule has 23 heavy (non-hydrogen) atoms. The molecule has 0 atom stereocenters. The fraction of sp³-hybridized carbons (Fsp3) is 0. The third-order valence-corrected chi connectivity index (χ3v) is 5.05. The van der Waals surface area contributed by atoms with E-state index in [9.17, 15) is 0 Å². The number of hydrogen-bond donors (Lipinski definition) is 0. The van der Waals surface area contributed by atoms with Crippen LogP contribution in [0.25, 0.3) is 38.8 Å². The number of fused-ring (bicyclic) bond motifs is 5. The maximum Gasteiger partial charge on any atom is 0.220 e. The predicted octanol–water partition coefficient (Wildman–Crippen LogP) is 6.27. The predicted molar refractivity (Wildman–Crippen MR) is 97.8 cm³/mol. The van der Waals surface area contributed by atoms with Crippen LogP contribution in [0, 0.1) is 0 Å². The van der Waals surface area contributed by atoms with E-state index in [0.717, 1.165) is 32.4 Å². The van der Waals surface area contributed by atoms with Crippen molar-refractivity contribution < 1.29 is 4.42 Å². The Labute approximate surface area is 141 Å². The molecule has 2 aromatic heterocycles. The van der Waals surface area contributed by atoms with E-state index in [2.05, 4.69) is 81.0 Å². The van der Waals surface area contributed by atoms with Gasteiger partial charge in [-0.25, -0.2) is 0 Å². The first-order valence-corrected chi connectivity index (χ1v) is 8.29. The first-order valence-electron chi connectivity index (χ1n) is 7.49. The van der Waals surface area contributed by atoms with Crippen molar-refractivity contribution in [1.29, 1.82) is 0 Å². The van der Waals surface area contributed by atoms with Crippen LogP contribution in [0.2, 0.25) is 0 Å². The second-order valence-corrected chi connectivity index (χ2v) is 6.42. The molecule has 3 heteroatoms. The van der Waals surface area contributed by atoms with Crippen LogP contribution in [0.1, 0.15) is 0 Å². The smallest absolute Gasteiger partial charge is 0.220 e. The minimum atomic E-state index is 0.853. The Hall–Kier alpha value is -2.52. The van der Waals surface area contributed by atoms with E-state index in [-0.39, 0.29) is 0 Å². The number of halogens is 1. The van der Waals surface area contributed by atoms with Crippen LogP contribution in [-0.2, 0) is 0 Å². The van der Waals surface area contributed by atoms with Crippen molar-refractivity contribution in [1.82, 2.24) is 4.40 Å². The van der Waals surface area contributed by atoms with Crippen LogP contribution < -0.4 is 0 Å². The molecule has 0 aliphatic rings. The molecule has 0 spiro atoms. The van der Waals surface area contributed by atoms with Gasteiger partial charge in [0.15, 0.2) is 5.58 Å². The summed E-state index contributed by atoms with van der Waals surface area (Å²) in [5.41, 5.74) is 6.34. The number of aromatic nitrogens is 1. The van der Waals surface area contributed by atoms with Gasteiger partial charge in [-0.2, -0.15) is 0 Å². The normalized spacial score (nSPS) is 11.7. The SMILES string of the molecule is Brc1c2ccccc2n2c1oc1cc(-c3ccccc3)ccc12. The first-order chi connectivity index (χ1) is 11.3. The zero-order chi connectivity index (χ0) is 15.4. The second-order valence-electron chi connectivity index (χ2n) is 5.62. The molecule has 0 fully saturated rings. The maximum atomic E-state index is 6.15. The lowest BCUT2D eigenvalue weighted by Crippen LogP contribution is -1.81. The van der Waals surface area contributed by atoms with Gasteiger partial charge in [-0.1, -0.05) is 54.6 Å². The number of nitrogens with zero attached hydrogens (tertiary/aromatic N) is 1. The summed E-state index contributed by atoms with van der Waals surface area (Å²) in [6.45, 7) is 0. The Balaban J connectivity index is 1.86. The molecule has 0 amide bonds. The standard InChI is InChI=1S/C20H12BrNO/c21-19-15-8-4-5-9-16(15)22-17-11-10-14(12-18(17)23-20(19)22)13-6-2-1-3-7-13/h1-12H. The van der Waals surface area contributed by atoms with Gasteiger partial charge < -0.3 is 4.42 Å². The molecule has 0 saturated carbocycles. The Morgan fingerprint density at radius 2 is 1.52 bits per heavy atom. The Morgan fingerprint density at radius 1 is 0.739 bits per heavy atom. The molecular weight excluding hydrogens is 350 g/mol. The largest absolute Gasteiger partial charge is 0.437 e. The van der Waals surface area contributed by atoms with Gasteiger partial charge in [0.25, 0.3) is 0 Å². The summed E-state index contributed by atoms with van der Waals surface area (Å²) in [4.78, 5) is 0. The molecule has 0 radical (unpaired) electrons. The average molecular weight is 362 g/mol. The molecule has 2 nitrogen and oxygen atoms in total. The summed E-state index contributed by atoms with van der Waals surface area (Å²) in [7, 11) is 0. The van der Waals surface area contributed by atoms with Crippen molar-refractivity contribution in [3.05, 3.63) is 77.3 Å². The molecule has 0 saturated heterocycles. The number of oxazole rings is 1. The van der Waals surface area contributed by atoms with Crippen LogP contribution in [0.5, 0.6) is 0 Å². The third kappa shape index (κ3) is 1.80. The van der Waals surface area contributed by atoms with Crippen molar-refractivity contribution in [2.24, 2.45) is 0 Å². The van der Waals surface area contributed by atoms with E-state index in [4.69, 9.17) is 4.42 Å². The van der Waals surface area contributed by atoms with E-state index in [1.165, 1.54) is 10.9 Å². The summed E-state index contributed by atoms with van der Waals surface area (Å²) in [6.07, 6.45) is 0. The van der Waals surface area contributed by atoms with Gasteiger partial charge in [0.1, 0.15) is 0 Å². The zero-order valence-electron chi connectivity index (χ0n) is 12.2. The summed E-state index contributed by atoms with van der Waals surface area (Å²) >= 11 is 3.68. The molecule has 0 aliphatic carbocycles. The molecule has 5 rings (SSSR count). The fourth-order valence-corrected chi connectivity index (χ4v) is 3.80. The number of para-hydroxylation sites is 1.